The van der Waals surface area contributed by atoms with Crippen molar-refractivity contribution in [3.05, 3.63) is 99.7 Å². The van der Waals surface area contributed by atoms with Crippen molar-refractivity contribution in [2.24, 2.45) is 0 Å². The zero-order valence-corrected chi connectivity index (χ0v) is 21.2. The van der Waals surface area contributed by atoms with Gasteiger partial charge in [-0.1, -0.05) is 29.3 Å². The molecule has 5 rings (SSSR count). The number of benzene rings is 2. The number of hydrogen-bond donors (Lipinski definition) is 1. The van der Waals surface area contributed by atoms with E-state index in [4.69, 9.17) is 27.9 Å². The van der Waals surface area contributed by atoms with Crippen LogP contribution in [0.2, 0.25) is 10.0 Å². The number of hydrogen-bond acceptors (Lipinski definition) is 7. The Hall–Kier alpha value is -3.24. The molecule has 0 aliphatic heterocycles. The van der Waals surface area contributed by atoms with Crippen molar-refractivity contribution in [2.75, 3.05) is 4.72 Å². The number of ether oxygens (including phenoxy) is 1. The second-order valence-electron chi connectivity index (χ2n) is 7.32. The van der Waals surface area contributed by atoms with Gasteiger partial charge < -0.3 is 9.46 Å². The SMILES string of the molecule is Fc1cc(Oc2cnc(-c3cc(Cl)ccc3F)cc2-c2cccnc2)c(Cl)cc1SNc1cscn1. The molecule has 2 aromatic carbocycles. The van der Waals surface area contributed by atoms with E-state index in [1.54, 1.807) is 35.4 Å². The van der Waals surface area contributed by atoms with E-state index in [1.807, 2.05) is 6.07 Å². The normalized spacial score (nSPS) is 10.9. The van der Waals surface area contributed by atoms with Crippen LogP contribution in [0.3, 0.4) is 0 Å². The first-order chi connectivity index (χ1) is 17.5. The standard InChI is InChI=1S/C25H14Cl2F2N4OS2/c26-15-3-4-19(28)17(6-15)21-7-16(14-2-1-5-30-10-14)23(11-31-21)34-22-9-20(29)24(8-18(22)27)36-33-25-12-35-13-32-25/h1-13,33H. The Labute approximate surface area is 223 Å². The lowest BCUT2D eigenvalue weighted by Gasteiger charge is -2.15. The molecular formula is C25H14Cl2F2N4OS2. The number of halogens is 4. The van der Waals surface area contributed by atoms with Crippen LogP contribution < -0.4 is 9.46 Å². The Morgan fingerprint density at radius 3 is 2.58 bits per heavy atom. The van der Waals surface area contributed by atoms with Crippen LogP contribution in [0.15, 0.2) is 82.9 Å². The summed E-state index contributed by atoms with van der Waals surface area (Å²) in [5.41, 5.74) is 3.50. The highest BCUT2D eigenvalue weighted by Crippen LogP contribution is 2.40. The van der Waals surface area contributed by atoms with Gasteiger partial charge in [0.15, 0.2) is 5.75 Å². The molecule has 0 unspecified atom stereocenters. The molecule has 0 atom stereocenters. The highest BCUT2D eigenvalue weighted by molar-refractivity contribution is 8.00. The van der Waals surface area contributed by atoms with Crippen molar-refractivity contribution in [3.8, 4) is 33.9 Å². The van der Waals surface area contributed by atoms with Gasteiger partial charge in [-0.25, -0.2) is 13.8 Å². The first-order valence-corrected chi connectivity index (χ1v) is 12.8. The molecule has 0 amide bonds. The van der Waals surface area contributed by atoms with E-state index in [2.05, 4.69) is 19.7 Å². The van der Waals surface area contributed by atoms with Crippen molar-refractivity contribution in [1.29, 1.82) is 0 Å². The summed E-state index contributed by atoms with van der Waals surface area (Å²) in [5, 5.41) is 2.37. The minimum atomic E-state index is -0.532. The summed E-state index contributed by atoms with van der Waals surface area (Å²) in [4.78, 5) is 12.9. The highest BCUT2D eigenvalue weighted by atomic mass is 35.5. The molecule has 0 saturated heterocycles. The van der Waals surface area contributed by atoms with E-state index in [9.17, 15) is 8.78 Å². The molecule has 0 aliphatic carbocycles. The maximum atomic E-state index is 14.9. The zero-order chi connectivity index (χ0) is 25.1. The van der Waals surface area contributed by atoms with Crippen molar-refractivity contribution < 1.29 is 13.5 Å². The van der Waals surface area contributed by atoms with E-state index < -0.39 is 11.6 Å². The Morgan fingerprint density at radius 2 is 1.81 bits per heavy atom. The van der Waals surface area contributed by atoms with Gasteiger partial charge in [-0.05, 0) is 48.3 Å². The number of aromatic nitrogens is 3. The molecule has 1 N–H and O–H groups in total. The molecule has 5 aromatic rings. The number of nitrogens with one attached hydrogen (secondary N) is 1. The Bertz CT molecular complexity index is 1520. The fourth-order valence-corrected chi connectivity index (χ4v) is 4.93. The van der Waals surface area contributed by atoms with Gasteiger partial charge in [0.1, 0.15) is 23.2 Å². The molecule has 180 valence electrons. The average molecular weight is 559 g/mol. The van der Waals surface area contributed by atoms with Crippen LogP contribution in [0.1, 0.15) is 0 Å². The quantitative estimate of drug-likeness (QED) is 0.201. The third-order valence-electron chi connectivity index (χ3n) is 4.95. The van der Waals surface area contributed by atoms with Gasteiger partial charge >= 0.3 is 0 Å². The second-order valence-corrected chi connectivity index (χ2v) is 9.73. The third kappa shape index (κ3) is 5.44. The molecule has 0 radical (unpaired) electrons. The minimum absolute atomic E-state index is 0.0980. The molecular weight excluding hydrogens is 545 g/mol. The van der Waals surface area contributed by atoms with Crippen molar-refractivity contribution in [1.82, 2.24) is 15.0 Å². The Balaban J connectivity index is 1.50. The number of nitrogens with zero attached hydrogens (tertiary/aromatic N) is 3. The van der Waals surface area contributed by atoms with Crippen LogP contribution in [-0.2, 0) is 0 Å². The van der Waals surface area contributed by atoms with E-state index >= 15 is 0 Å². The number of pyridine rings is 2. The van der Waals surface area contributed by atoms with Crippen molar-refractivity contribution in [2.45, 2.75) is 4.90 Å². The van der Waals surface area contributed by atoms with Gasteiger partial charge in [-0.2, -0.15) is 0 Å². The van der Waals surface area contributed by atoms with Crippen LogP contribution in [0.4, 0.5) is 14.6 Å². The summed E-state index contributed by atoms with van der Waals surface area (Å²) >= 11 is 15.0. The molecule has 0 fully saturated rings. The summed E-state index contributed by atoms with van der Waals surface area (Å²) in [6.45, 7) is 0. The topological polar surface area (TPSA) is 59.9 Å². The molecule has 36 heavy (non-hydrogen) atoms. The molecule has 0 spiro atoms. The predicted molar refractivity (Wildman–Crippen MR) is 141 cm³/mol. The van der Waals surface area contributed by atoms with E-state index in [0.717, 1.165) is 11.9 Å². The predicted octanol–water partition coefficient (Wildman–Crippen LogP) is 8.76. The Morgan fingerprint density at radius 1 is 0.917 bits per heavy atom. The summed E-state index contributed by atoms with van der Waals surface area (Å²) < 4.78 is 38.3. The molecule has 3 aromatic heterocycles. The molecule has 11 heteroatoms. The third-order valence-corrected chi connectivity index (χ3v) is 6.91. The lowest BCUT2D eigenvalue weighted by Crippen LogP contribution is -1.96. The van der Waals surface area contributed by atoms with E-state index in [-0.39, 0.29) is 27.0 Å². The summed E-state index contributed by atoms with van der Waals surface area (Å²) in [7, 11) is 0. The van der Waals surface area contributed by atoms with E-state index in [0.29, 0.717) is 27.7 Å². The first kappa shape index (κ1) is 24.5. The number of rotatable bonds is 7. The fraction of sp³-hybridized carbons (Fsp3) is 0. The smallest absolute Gasteiger partial charge is 0.153 e. The second kappa shape index (κ2) is 10.8. The highest BCUT2D eigenvalue weighted by Gasteiger charge is 2.17. The van der Waals surface area contributed by atoms with Gasteiger partial charge in [0.25, 0.3) is 0 Å². The average Bonchev–Trinajstić information content (AvgIpc) is 3.41. The first-order valence-electron chi connectivity index (χ1n) is 10.3. The maximum Gasteiger partial charge on any atom is 0.153 e. The molecule has 0 aliphatic rings. The fourth-order valence-electron chi connectivity index (χ4n) is 3.27. The van der Waals surface area contributed by atoms with Crippen LogP contribution in [0, 0.1) is 11.6 Å². The van der Waals surface area contributed by atoms with Gasteiger partial charge in [0.2, 0.25) is 0 Å². The minimum Gasteiger partial charge on any atom is -0.453 e. The van der Waals surface area contributed by atoms with Crippen LogP contribution in [0.5, 0.6) is 11.5 Å². The van der Waals surface area contributed by atoms with Crippen LogP contribution in [-0.4, -0.2) is 15.0 Å². The number of thiazole rings is 1. The van der Waals surface area contributed by atoms with Gasteiger partial charge in [-0.3, -0.25) is 9.97 Å². The monoisotopic (exact) mass is 558 g/mol. The molecule has 3 heterocycles. The summed E-state index contributed by atoms with van der Waals surface area (Å²) in [6.07, 6.45) is 4.69. The zero-order valence-electron chi connectivity index (χ0n) is 18.1. The lowest BCUT2D eigenvalue weighted by molar-refractivity contribution is 0.474. The van der Waals surface area contributed by atoms with Crippen LogP contribution in [0.25, 0.3) is 22.4 Å². The largest absolute Gasteiger partial charge is 0.453 e. The van der Waals surface area contributed by atoms with Gasteiger partial charge in [-0.15, -0.1) is 11.3 Å². The Kier molecular flexibility index (Phi) is 7.33. The molecule has 5 nitrogen and oxygen atoms in total. The van der Waals surface area contributed by atoms with Gasteiger partial charge in [0, 0.05) is 45.6 Å². The van der Waals surface area contributed by atoms with Crippen LogP contribution >= 0.6 is 46.5 Å². The van der Waals surface area contributed by atoms with Gasteiger partial charge in [0.05, 0.1) is 27.3 Å². The lowest BCUT2D eigenvalue weighted by atomic mass is 10.0. The summed E-state index contributed by atoms with van der Waals surface area (Å²) in [5.74, 6) is -0.000592. The van der Waals surface area contributed by atoms with Crippen molar-refractivity contribution in [3.63, 3.8) is 0 Å². The number of anilines is 1. The van der Waals surface area contributed by atoms with Crippen molar-refractivity contribution >= 4 is 52.3 Å². The molecule has 0 saturated carbocycles. The maximum absolute atomic E-state index is 14.9. The molecule has 0 bridgehead atoms. The van der Waals surface area contributed by atoms with E-state index in [1.165, 1.54) is 47.9 Å². The summed E-state index contributed by atoms with van der Waals surface area (Å²) in [6, 6.07) is 12.1.